The highest BCUT2D eigenvalue weighted by Crippen LogP contribution is 2.35. The molecule has 1 aromatic rings. The third-order valence-corrected chi connectivity index (χ3v) is 3.49. The van der Waals surface area contributed by atoms with E-state index in [2.05, 4.69) is 4.90 Å². The SMILES string of the molecule is O[C@@H]1/C(=C/c2ccco2)N2CCC1CC2. The molecule has 3 heteroatoms. The van der Waals surface area contributed by atoms with Gasteiger partial charge in [0.05, 0.1) is 12.4 Å². The molecule has 0 spiro atoms. The van der Waals surface area contributed by atoms with Gasteiger partial charge < -0.3 is 14.4 Å². The van der Waals surface area contributed by atoms with Crippen molar-refractivity contribution in [1.29, 1.82) is 0 Å². The molecule has 0 unspecified atom stereocenters. The first-order valence-corrected chi connectivity index (χ1v) is 5.53. The molecule has 15 heavy (non-hydrogen) atoms. The summed E-state index contributed by atoms with van der Waals surface area (Å²) in [6.45, 7) is 2.16. The molecule has 2 bridgehead atoms. The molecule has 4 heterocycles. The van der Waals surface area contributed by atoms with E-state index < -0.39 is 0 Å². The monoisotopic (exact) mass is 205 g/mol. The number of aliphatic hydroxyl groups is 1. The summed E-state index contributed by atoms with van der Waals surface area (Å²) >= 11 is 0. The van der Waals surface area contributed by atoms with Crippen molar-refractivity contribution in [2.24, 2.45) is 5.92 Å². The fourth-order valence-electron chi connectivity index (χ4n) is 2.60. The number of fused-ring (bicyclic) bond motifs is 3. The maximum atomic E-state index is 10.1. The van der Waals surface area contributed by atoms with Crippen LogP contribution >= 0.6 is 0 Å². The van der Waals surface area contributed by atoms with Gasteiger partial charge in [-0.1, -0.05) is 0 Å². The van der Waals surface area contributed by atoms with Crippen molar-refractivity contribution in [2.45, 2.75) is 18.9 Å². The smallest absolute Gasteiger partial charge is 0.128 e. The Morgan fingerprint density at radius 2 is 2.20 bits per heavy atom. The van der Waals surface area contributed by atoms with E-state index in [1.165, 1.54) is 0 Å². The Morgan fingerprint density at radius 3 is 2.80 bits per heavy atom. The molecule has 3 fully saturated rings. The molecule has 0 radical (unpaired) electrons. The third-order valence-electron chi connectivity index (χ3n) is 3.49. The molecule has 1 aromatic heterocycles. The fraction of sp³-hybridized carbons (Fsp3) is 0.500. The Labute approximate surface area is 89.0 Å². The Balaban J connectivity index is 1.92. The molecule has 0 amide bonds. The molecule has 0 saturated carbocycles. The van der Waals surface area contributed by atoms with Gasteiger partial charge in [0.25, 0.3) is 0 Å². The molecular weight excluding hydrogens is 190 g/mol. The molecule has 3 aliphatic rings. The lowest BCUT2D eigenvalue weighted by Gasteiger charge is -2.45. The minimum Gasteiger partial charge on any atom is -0.465 e. The number of rotatable bonds is 1. The first kappa shape index (κ1) is 9.04. The predicted molar refractivity (Wildman–Crippen MR) is 57.0 cm³/mol. The van der Waals surface area contributed by atoms with Crippen LogP contribution in [0.5, 0.6) is 0 Å². The second-order valence-electron chi connectivity index (χ2n) is 4.35. The van der Waals surface area contributed by atoms with E-state index in [4.69, 9.17) is 4.42 Å². The zero-order valence-electron chi connectivity index (χ0n) is 8.60. The van der Waals surface area contributed by atoms with Gasteiger partial charge in [0.15, 0.2) is 0 Å². The van der Waals surface area contributed by atoms with Crippen LogP contribution in [-0.2, 0) is 0 Å². The van der Waals surface area contributed by atoms with Crippen LogP contribution in [0.25, 0.3) is 6.08 Å². The minimum absolute atomic E-state index is 0.294. The quantitative estimate of drug-likeness (QED) is 0.758. The Morgan fingerprint density at radius 1 is 1.40 bits per heavy atom. The van der Waals surface area contributed by atoms with Crippen molar-refractivity contribution in [3.05, 3.63) is 29.9 Å². The number of piperidine rings is 3. The zero-order chi connectivity index (χ0) is 10.3. The van der Waals surface area contributed by atoms with Crippen molar-refractivity contribution in [1.82, 2.24) is 4.90 Å². The third kappa shape index (κ3) is 1.47. The van der Waals surface area contributed by atoms with Gasteiger partial charge in [-0.3, -0.25) is 0 Å². The van der Waals surface area contributed by atoms with E-state index >= 15 is 0 Å². The maximum Gasteiger partial charge on any atom is 0.128 e. The second kappa shape index (κ2) is 3.42. The van der Waals surface area contributed by atoms with Gasteiger partial charge in [0.1, 0.15) is 5.76 Å². The summed E-state index contributed by atoms with van der Waals surface area (Å²) in [5.74, 6) is 1.29. The lowest BCUT2D eigenvalue weighted by atomic mass is 9.83. The van der Waals surface area contributed by atoms with Crippen molar-refractivity contribution in [3.63, 3.8) is 0 Å². The summed E-state index contributed by atoms with van der Waals surface area (Å²) in [6, 6.07) is 3.79. The summed E-state index contributed by atoms with van der Waals surface area (Å²) in [6.07, 6.45) is 5.58. The highest BCUT2D eigenvalue weighted by Gasteiger charge is 2.36. The molecule has 4 rings (SSSR count). The Kier molecular flexibility index (Phi) is 2.06. The summed E-state index contributed by atoms with van der Waals surface area (Å²) in [7, 11) is 0. The molecule has 0 aromatic carbocycles. The molecular formula is C12H15NO2. The van der Waals surface area contributed by atoms with Crippen LogP contribution in [-0.4, -0.2) is 29.2 Å². The van der Waals surface area contributed by atoms with E-state index in [0.29, 0.717) is 5.92 Å². The summed E-state index contributed by atoms with van der Waals surface area (Å²) in [5.41, 5.74) is 1.03. The largest absolute Gasteiger partial charge is 0.465 e. The maximum absolute atomic E-state index is 10.1. The van der Waals surface area contributed by atoms with Gasteiger partial charge in [-0.25, -0.2) is 0 Å². The van der Waals surface area contributed by atoms with Crippen LogP contribution in [0, 0.1) is 5.92 Å². The standard InChI is InChI=1S/C12H15NO2/c14-12-9-3-5-13(6-4-9)11(12)8-10-2-1-7-15-10/h1-2,7-9,12,14H,3-6H2/b11-8-/t12-/m0/s1. The van der Waals surface area contributed by atoms with Gasteiger partial charge in [-0.2, -0.15) is 0 Å². The highest BCUT2D eigenvalue weighted by molar-refractivity contribution is 5.49. The van der Waals surface area contributed by atoms with Crippen LogP contribution in [0.1, 0.15) is 18.6 Å². The van der Waals surface area contributed by atoms with E-state index in [1.54, 1.807) is 6.26 Å². The molecule has 1 N–H and O–H groups in total. The normalized spacial score (nSPS) is 32.6. The molecule has 3 aliphatic heterocycles. The summed E-state index contributed by atoms with van der Waals surface area (Å²) in [5, 5.41) is 10.1. The number of furan rings is 1. The van der Waals surface area contributed by atoms with Gasteiger partial charge >= 0.3 is 0 Å². The van der Waals surface area contributed by atoms with E-state index in [1.807, 2.05) is 18.2 Å². The second-order valence-corrected chi connectivity index (χ2v) is 4.35. The summed E-state index contributed by atoms with van der Waals surface area (Å²) in [4.78, 5) is 2.27. The highest BCUT2D eigenvalue weighted by atomic mass is 16.3. The number of aliphatic hydroxyl groups excluding tert-OH is 1. The van der Waals surface area contributed by atoms with Crippen LogP contribution in [0.3, 0.4) is 0 Å². The predicted octanol–water partition coefficient (Wildman–Crippen LogP) is 1.71. The van der Waals surface area contributed by atoms with Crippen molar-refractivity contribution in [3.8, 4) is 0 Å². The zero-order valence-corrected chi connectivity index (χ0v) is 8.60. The van der Waals surface area contributed by atoms with Gasteiger partial charge in [0.2, 0.25) is 0 Å². The average Bonchev–Trinajstić information content (AvgIpc) is 2.77. The number of nitrogens with zero attached hydrogens (tertiary/aromatic N) is 1. The van der Waals surface area contributed by atoms with Crippen molar-refractivity contribution in [2.75, 3.05) is 13.1 Å². The molecule has 1 atom stereocenters. The molecule has 3 saturated heterocycles. The van der Waals surface area contributed by atoms with Gasteiger partial charge in [0, 0.05) is 24.9 Å². The van der Waals surface area contributed by atoms with E-state index in [-0.39, 0.29) is 6.10 Å². The lowest BCUT2D eigenvalue weighted by molar-refractivity contribution is 0.0213. The van der Waals surface area contributed by atoms with Crippen LogP contribution in [0.15, 0.2) is 28.5 Å². The van der Waals surface area contributed by atoms with Crippen molar-refractivity contribution < 1.29 is 9.52 Å². The van der Waals surface area contributed by atoms with Gasteiger partial charge in [-0.05, 0) is 30.9 Å². The average molecular weight is 205 g/mol. The van der Waals surface area contributed by atoms with Gasteiger partial charge in [-0.15, -0.1) is 0 Å². The Hall–Kier alpha value is -1.22. The molecule has 80 valence electrons. The first-order chi connectivity index (χ1) is 7.34. The van der Waals surface area contributed by atoms with Crippen LogP contribution in [0.2, 0.25) is 0 Å². The topological polar surface area (TPSA) is 36.6 Å². The number of hydrogen-bond acceptors (Lipinski definition) is 3. The van der Waals surface area contributed by atoms with Crippen LogP contribution in [0.4, 0.5) is 0 Å². The summed E-state index contributed by atoms with van der Waals surface area (Å²) < 4.78 is 5.28. The first-order valence-electron chi connectivity index (χ1n) is 5.53. The Bertz CT molecular complexity index is 357. The minimum atomic E-state index is -0.294. The molecule has 0 aliphatic carbocycles. The van der Waals surface area contributed by atoms with E-state index in [9.17, 15) is 5.11 Å². The van der Waals surface area contributed by atoms with Crippen molar-refractivity contribution >= 4 is 6.08 Å². The number of hydrogen-bond donors (Lipinski definition) is 1. The molecule has 3 nitrogen and oxygen atoms in total. The lowest BCUT2D eigenvalue weighted by Crippen LogP contribution is -2.48. The van der Waals surface area contributed by atoms with Crippen LogP contribution < -0.4 is 0 Å². The fourth-order valence-corrected chi connectivity index (χ4v) is 2.60. The van der Waals surface area contributed by atoms with E-state index in [0.717, 1.165) is 37.4 Å².